The van der Waals surface area contributed by atoms with Crippen LogP contribution in [0.2, 0.25) is 5.28 Å². The first-order valence-electron chi connectivity index (χ1n) is 5.99. The highest BCUT2D eigenvalue weighted by atomic mass is 35.5. The zero-order chi connectivity index (χ0) is 13.4. The highest BCUT2D eigenvalue weighted by Crippen LogP contribution is 2.20. The summed E-state index contributed by atoms with van der Waals surface area (Å²) in [4.78, 5) is 6.19. The third-order valence-electron chi connectivity index (χ3n) is 3.03. The van der Waals surface area contributed by atoms with Crippen LogP contribution in [0.4, 0.5) is 5.95 Å². The maximum Gasteiger partial charge on any atom is 0.227 e. The van der Waals surface area contributed by atoms with Gasteiger partial charge in [0, 0.05) is 20.1 Å². The number of nitrogens with zero attached hydrogens (tertiary/aromatic N) is 6. The van der Waals surface area contributed by atoms with Crippen LogP contribution in [-0.4, -0.2) is 55.7 Å². The van der Waals surface area contributed by atoms with Gasteiger partial charge in [-0.3, -0.25) is 4.57 Å². The van der Waals surface area contributed by atoms with E-state index in [1.807, 2.05) is 18.5 Å². The summed E-state index contributed by atoms with van der Waals surface area (Å²) in [5, 5.41) is 15.1. The van der Waals surface area contributed by atoms with Crippen molar-refractivity contribution >= 4 is 17.5 Å². The molecule has 0 aliphatic carbocycles. The zero-order valence-electron chi connectivity index (χ0n) is 10.7. The minimum Gasteiger partial charge on any atom is -0.375 e. The lowest BCUT2D eigenvalue weighted by Crippen LogP contribution is -2.42. The van der Waals surface area contributed by atoms with Crippen molar-refractivity contribution in [3.05, 3.63) is 5.28 Å². The lowest BCUT2D eigenvalue weighted by Gasteiger charge is -2.31. The molecule has 8 nitrogen and oxygen atoms in total. The molecule has 1 saturated heterocycles. The van der Waals surface area contributed by atoms with Crippen molar-refractivity contribution in [2.45, 2.75) is 13.0 Å². The van der Waals surface area contributed by atoms with Crippen LogP contribution in [0.25, 0.3) is 11.6 Å². The Bertz CT molecular complexity index is 580. The van der Waals surface area contributed by atoms with Gasteiger partial charge in [0.25, 0.3) is 0 Å². The quantitative estimate of drug-likeness (QED) is 0.863. The number of hydrogen-bond donors (Lipinski definition) is 1. The number of morpholine rings is 1. The molecule has 1 N–H and O–H groups in total. The van der Waals surface area contributed by atoms with Crippen molar-refractivity contribution < 1.29 is 4.74 Å². The van der Waals surface area contributed by atoms with E-state index in [0.717, 1.165) is 19.0 Å². The fourth-order valence-electron chi connectivity index (χ4n) is 2.13. The topological polar surface area (TPSA) is 84.8 Å². The Hall–Kier alpha value is -1.67. The molecular formula is C10H14ClN7O. The molecule has 102 valence electrons. The number of aromatic nitrogens is 6. The Labute approximate surface area is 114 Å². The first-order chi connectivity index (χ1) is 9.15. The molecule has 0 radical (unpaired) electrons. The smallest absolute Gasteiger partial charge is 0.227 e. The first kappa shape index (κ1) is 12.4. The van der Waals surface area contributed by atoms with E-state index in [1.54, 1.807) is 0 Å². The molecule has 9 heteroatoms. The fraction of sp³-hybridized carbons (Fsp3) is 0.600. The SMILES string of the molecule is CC1CN(c2nnc(-c3n[nH]c(Cl)n3)n2C)CCO1. The summed E-state index contributed by atoms with van der Waals surface area (Å²) in [6.45, 7) is 4.32. The molecule has 0 amide bonds. The lowest BCUT2D eigenvalue weighted by atomic mass is 10.3. The number of hydrogen-bond acceptors (Lipinski definition) is 6. The molecule has 1 aliphatic rings. The average molecular weight is 284 g/mol. The number of aromatic amines is 1. The van der Waals surface area contributed by atoms with Gasteiger partial charge in [0.2, 0.25) is 22.9 Å². The average Bonchev–Trinajstić information content (AvgIpc) is 2.95. The highest BCUT2D eigenvalue weighted by Gasteiger charge is 2.23. The third kappa shape index (κ3) is 2.28. The van der Waals surface area contributed by atoms with Gasteiger partial charge in [0.15, 0.2) is 0 Å². The van der Waals surface area contributed by atoms with Gasteiger partial charge in [0.05, 0.1) is 12.7 Å². The zero-order valence-corrected chi connectivity index (χ0v) is 11.4. The molecule has 2 aromatic heterocycles. The largest absolute Gasteiger partial charge is 0.375 e. The van der Waals surface area contributed by atoms with E-state index in [-0.39, 0.29) is 11.4 Å². The van der Waals surface area contributed by atoms with Crippen LogP contribution in [0.3, 0.4) is 0 Å². The molecule has 3 heterocycles. The summed E-state index contributed by atoms with van der Waals surface area (Å²) in [7, 11) is 1.88. The molecule has 1 aliphatic heterocycles. The van der Waals surface area contributed by atoms with E-state index in [1.165, 1.54) is 0 Å². The van der Waals surface area contributed by atoms with Crippen molar-refractivity contribution in [3.8, 4) is 11.6 Å². The Morgan fingerprint density at radius 2 is 2.26 bits per heavy atom. The number of nitrogens with one attached hydrogen (secondary N) is 1. The van der Waals surface area contributed by atoms with Gasteiger partial charge in [-0.1, -0.05) is 0 Å². The molecule has 1 unspecified atom stereocenters. The number of H-pyrrole nitrogens is 1. The van der Waals surface area contributed by atoms with Crippen molar-refractivity contribution in [2.75, 3.05) is 24.6 Å². The van der Waals surface area contributed by atoms with Gasteiger partial charge in [0.1, 0.15) is 0 Å². The number of halogens is 1. The van der Waals surface area contributed by atoms with Crippen molar-refractivity contribution in [3.63, 3.8) is 0 Å². The summed E-state index contributed by atoms with van der Waals surface area (Å²) < 4.78 is 7.38. The molecule has 19 heavy (non-hydrogen) atoms. The standard InChI is InChI=1S/C10H14ClN7O/c1-6-5-18(3-4-19-6)10-16-14-8(17(10)2)7-12-9(11)15-13-7/h6H,3-5H2,1-2H3,(H,12,13,15). The van der Waals surface area contributed by atoms with E-state index in [9.17, 15) is 0 Å². The summed E-state index contributed by atoms with van der Waals surface area (Å²) in [5.74, 6) is 1.80. The second kappa shape index (κ2) is 4.78. The van der Waals surface area contributed by atoms with E-state index in [0.29, 0.717) is 18.3 Å². The maximum absolute atomic E-state index is 5.72. The van der Waals surface area contributed by atoms with Crippen LogP contribution in [-0.2, 0) is 11.8 Å². The van der Waals surface area contributed by atoms with E-state index < -0.39 is 0 Å². The highest BCUT2D eigenvalue weighted by molar-refractivity contribution is 6.28. The molecular weight excluding hydrogens is 270 g/mol. The summed E-state index contributed by atoms with van der Waals surface area (Å²) >= 11 is 5.72. The van der Waals surface area contributed by atoms with Gasteiger partial charge in [-0.15, -0.1) is 15.3 Å². The summed E-state index contributed by atoms with van der Waals surface area (Å²) in [6.07, 6.45) is 0.187. The maximum atomic E-state index is 5.72. The predicted molar refractivity (Wildman–Crippen MR) is 69.0 cm³/mol. The van der Waals surface area contributed by atoms with Crippen molar-refractivity contribution in [1.82, 2.24) is 29.9 Å². The van der Waals surface area contributed by atoms with Crippen LogP contribution >= 0.6 is 11.6 Å². The van der Waals surface area contributed by atoms with Crippen LogP contribution in [0, 0.1) is 0 Å². The first-order valence-corrected chi connectivity index (χ1v) is 6.37. The van der Waals surface area contributed by atoms with Crippen molar-refractivity contribution in [2.24, 2.45) is 7.05 Å². The van der Waals surface area contributed by atoms with Gasteiger partial charge < -0.3 is 9.64 Å². The second-order valence-electron chi connectivity index (χ2n) is 4.46. The van der Waals surface area contributed by atoms with Crippen LogP contribution < -0.4 is 4.90 Å². The van der Waals surface area contributed by atoms with Crippen molar-refractivity contribution in [1.29, 1.82) is 0 Å². The van der Waals surface area contributed by atoms with Crippen LogP contribution in [0.15, 0.2) is 0 Å². The van der Waals surface area contributed by atoms with Crippen LogP contribution in [0.1, 0.15) is 6.92 Å². The summed E-state index contributed by atoms with van der Waals surface area (Å²) in [5.41, 5.74) is 0. The Morgan fingerprint density at radius 1 is 1.42 bits per heavy atom. The molecule has 1 atom stereocenters. The number of rotatable bonds is 2. The third-order valence-corrected chi connectivity index (χ3v) is 3.20. The van der Waals surface area contributed by atoms with Gasteiger partial charge in [-0.2, -0.15) is 4.98 Å². The molecule has 1 fully saturated rings. The van der Waals surface area contributed by atoms with Gasteiger partial charge in [-0.25, -0.2) is 5.10 Å². The molecule has 2 aromatic rings. The molecule has 3 rings (SSSR count). The normalized spacial score (nSPS) is 19.9. The molecule has 0 spiro atoms. The Kier molecular flexibility index (Phi) is 3.11. The Balaban J connectivity index is 1.90. The monoisotopic (exact) mass is 283 g/mol. The Morgan fingerprint density at radius 3 is 2.95 bits per heavy atom. The van der Waals surface area contributed by atoms with Gasteiger partial charge in [-0.05, 0) is 18.5 Å². The molecule has 0 saturated carbocycles. The lowest BCUT2D eigenvalue weighted by molar-refractivity contribution is 0.0524. The molecule has 0 aromatic carbocycles. The molecule has 0 bridgehead atoms. The predicted octanol–water partition coefficient (Wildman–Crippen LogP) is 0.479. The second-order valence-corrected chi connectivity index (χ2v) is 4.82. The van der Waals surface area contributed by atoms with E-state index in [4.69, 9.17) is 16.3 Å². The van der Waals surface area contributed by atoms with Crippen LogP contribution in [0.5, 0.6) is 0 Å². The minimum atomic E-state index is 0.187. The van der Waals surface area contributed by atoms with E-state index in [2.05, 4.69) is 30.3 Å². The minimum absolute atomic E-state index is 0.187. The fourth-order valence-corrected chi connectivity index (χ4v) is 2.26. The van der Waals surface area contributed by atoms with Gasteiger partial charge >= 0.3 is 0 Å². The van der Waals surface area contributed by atoms with E-state index >= 15 is 0 Å². The summed E-state index contributed by atoms with van der Waals surface area (Å²) in [6, 6.07) is 0. The number of anilines is 1. The number of ether oxygens (including phenoxy) is 1.